The van der Waals surface area contributed by atoms with Crippen LogP contribution in [0.2, 0.25) is 0 Å². The van der Waals surface area contributed by atoms with Crippen LogP contribution in [0.15, 0.2) is 18.2 Å². The molecule has 2 amide bonds. The molecule has 0 bridgehead atoms. The van der Waals surface area contributed by atoms with Gasteiger partial charge in [-0.1, -0.05) is 31.5 Å². The van der Waals surface area contributed by atoms with Gasteiger partial charge in [-0.2, -0.15) is 0 Å². The third-order valence-corrected chi connectivity index (χ3v) is 3.11. The molecule has 4 nitrogen and oxygen atoms in total. The van der Waals surface area contributed by atoms with Crippen molar-refractivity contribution < 1.29 is 9.53 Å². The molecule has 112 valence electrons. The van der Waals surface area contributed by atoms with Crippen molar-refractivity contribution in [1.29, 1.82) is 0 Å². The zero-order chi connectivity index (χ0) is 14.8. The molecule has 0 radical (unpaired) electrons. The molecule has 1 aromatic rings. The van der Waals surface area contributed by atoms with E-state index in [1.54, 1.807) is 0 Å². The van der Waals surface area contributed by atoms with E-state index in [-0.39, 0.29) is 6.03 Å². The summed E-state index contributed by atoms with van der Waals surface area (Å²) in [5.74, 6) is 0. The second-order valence-electron chi connectivity index (χ2n) is 4.97. The van der Waals surface area contributed by atoms with Crippen LogP contribution in [0.3, 0.4) is 0 Å². The number of ether oxygens (including phenoxy) is 1. The zero-order valence-electron chi connectivity index (χ0n) is 12.8. The molecular formula is C16H26N2O2. The van der Waals surface area contributed by atoms with Crippen LogP contribution in [-0.2, 0) is 4.74 Å². The zero-order valence-corrected chi connectivity index (χ0v) is 12.8. The number of amides is 2. The molecule has 0 unspecified atom stereocenters. The average molecular weight is 278 g/mol. The Hall–Kier alpha value is -1.55. The summed E-state index contributed by atoms with van der Waals surface area (Å²) >= 11 is 0. The lowest BCUT2D eigenvalue weighted by Crippen LogP contribution is -2.30. The fourth-order valence-electron chi connectivity index (χ4n) is 1.89. The lowest BCUT2D eigenvalue weighted by molar-refractivity contribution is 0.129. The first kappa shape index (κ1) is 16.5. The number of benzene rings is 1. The highest BCUT2D eigenvalue weighted by atomic mass is 16.5. The number of nitrogens with one attached hydrogen (secondary N) is 2. The maximum absolute atomic E-state index is 11.8. The Morgan fingerprint density at radius 1 is 1.15 bits per heavy atom. The topological polar surface area (TPSA) is 50.4 Å². The van der Waals surface area contributed by atoms with Gasteiger partial charge in [0.25, 0.3) is 0 Å². The van der Waals surface area contributed by atoms with E-state index in [1.807, 2.05) is 32.0 Å². The Morgan fingerprint density at radius 3 is 2.45 bits per heavy atom. The third kappa shape index (κ3) is 6.06. The van der Waals surface area contributed by atoms with Gasteiger partial charge in [-0.05, 0) is 37.8 Å². The minimum atomic E-state index is -0.157. The van der Waals surface area contributed by atoms with Crippen molar-refractivity contribution in [3.8, 4) is 0 Å². The normalized spacial score (nSPS) is 10.3. The maximum atomic E-state index is 11.8. The van der Waals surface area contributed by atoms with Crippen LogP contribution in [0, 0.1) is 13.8 Å². The van der Waals surface area contributed by atoms with Gasteiger partial charge >= 0.3 is 6.03 Å². The van der Waals surface area contributed by atoms with Crippen molar-refractivity contribution in [2.24, 2.45) is 0 Å². The van der Waals surface area contributed by atoms with Gasteiger partial charge in [0.05, 0.1) is 0 Å². The summed E-state index contributed by atoms with van der Waals surface area (Å²) in [6.45, 7) is 8.26. The predicted octanol–water partition coefficient (Wildman–Crippen LogP) is 3.63. The van der Waals surface area contributed by atoms with E-state index in [2.05, 4.69) is 17.6 Å². The van der Waals surface area contributed by atoms with E-state index in [0.29, 0.717) is 13.2 Å². The molecule has 1 aromatic carbocycles. The Morgan fingerprint density at radius 2 is 1.80 bits per heavy atom. The number of anilines is 1. The number of rotatable bonds is 8. The fourth-order valence-corrected chi connectivity index (χ4v) is 1.89. The highest BCUT2D eigenvalue weighted by Gasteiger charge is 2.05. The smallest absolute Gasteiger partial charge is 0.319 e. The first-order valence-corrected chi connectivity index (χ1v) is 7.34. The molecule has 0 aliphatic carbocycles. The van der Waals surface area contributed by atoms with E-state index in [4.69, 9.17) is 4.74 Å². The largest absolute Gasteiger partial charge is 0.381 e. The van der Waals surface area contributed by atoms with Crippen LogP contribution in [0.4, 0.5) is 10.5 Å². The van der Waals surface area contributed by atoms with E-state index in [1.165, 1.54) is 0 Å². The summed E-state index contributed by atoms with van der Waals surface area (Å²) in [5.41, 5.74) is 3.04. The minimum Gasteiger partial charge on any atom is -0.381 e. The van der Waals surface area contributed by atoms with Gasteiger partial charge in [-0.15, -0.1) is 0 Å². The number of aryl methyl sites for hydroxylation is 2. The summed E-state index contributed by atoms with van der Waals surface area (Å²) in [5, 5.41) is 5.75. The number of carbonyl (C=O) groups excluding carboxylic acids is 1. The van der Waals surface area contributed by atoms with Crippen LogP contribution in [0.1, 0.15) is 37.3 Å². The van der Waals surface area contributed by atoms with Crippen LogP contribution in [0.5, 0.6) is 0 Å². The van der Waals surface area contributed by atoms with E-state index in [9.17, 15) is 4.79 Å². The average Bonchev–Trinajstić information content (AvgIpc) is 2.42. The third-order valence-electron chi connectivity index (χ3n) is 3.11. The van der Waals surface area contributed by atoms with Crippen molar-refractivity contribution >= 4 is 11.7 Å². The van der Waals surface area contributed by atoms with Crippen LogP contribution < -0.4 is 10.6 Å². The van der Waals surface area contributed by atoms with Crippen LogP contribution in [0.25, 0.3) is 0 Å². The van der Waals surface area contributed by atoms with Gasteiger partial charge in [-0.25, -0.2) is 4.79 Å². The summed E-state index contributed by atoms with van der Waals surface area (Å²) in [7, 11) is 0. The number of urea groups is 1. The molecule has 0 saturated heterocycles. The van der Waals surface area contributed by atoms with Crippen molar-refractivity contribution in [2.45, 2.75) is 40.0 Å². The molecule has 4 heteroatoms. The molecule has 2 N–H and O–H groups in total. The van der Waals surface area contributed by atoms with Gasteiger partial charge in [0, 0.05) is 25.4 Å². The Bertz CT molecular complexity index is 399. The number of hydrogen-bond donors (Lipinski definition) is 2. The highest BCUT2D eigenvalue weighted by Crippen LogP contribution is 2.18. The van der Waals surface area contributed by atoms with Gasteiger partial charge in [-0.3, -0.25) is 0 Å². The van der Waals surface area contributed by atoms with Crippen molar-refractivity contribution in [3.63, 3.8) is 0 Å². The maximum Gasteiger partial charge on any atom is 0.319 e. The van der Waals surface area contributed by atoms with Gasteiger partial charge < -0.3 is 15.4 Å². The molecule has 0 spiro atoms. The van der Waals surface area contributed by atoms with E-state index < -0.39 is 0 Å². The number of para-hydroxylation sites is 1. The number of carbonyl (C=O) groups is 1. The van der Waals surface area contributed by atoms with Crippen molar-refractivity contribution in [1.82, 2.24) is 5.32 Å². The molecule has 0 fully saturated rings. The molecular weight excluding hydrogens is 252 g/mol. The lowest BCUT2D eigenvalue weighted by Gasteiger charge is -2.12. The highest BCUT2D eigenvalue weighted by molar-refractivity contribution is 5.90. The molecule has 0 heterocycles. The number of hydrogen-bond acceptors (Lipinski definition) is 2. The molecule has 1 rings (SSSR count). The molecule has 20 heavy (non-hydrogen) atoms. The first-order chi connectivity index (χ1) is 9.65. The second-order valence-corrected chi connectivity index (χ2v) is 4.97. The Balaban J connectivity index is 2.21. The summed E-state index contributed by atoms with van der Waals surface area (Å²) < 4.78 is 5.44. The summed E-state index contributed by atoms with van der Waals surface area (Å²) in [6, 6.07) is 5.81. The van der Waals surface area contributed by atoms with Gasteiger partial charge in [0.1, 0.15) is 0 Å². The standard InChI is InChI=1S/C16H26N2O2/c1-4-5-11-20-12-7-10-17-16(19)18-15-13(2)8-6-9-14(15)3/h6,8-9H,4-5,7,10-12H2,1-3H3,(H2,17,18,19). The molecule has 0 aliphatic heterocycles. The Kier molecular flexibility index (Phi) is 7.73. The molecule has 0 atom stereocenters. The lowest BCUT2D eigenvalue weighted by atomic mass is 10.1. The van der Waals surface area contributed by atoms with Crippen molar-refractivity contribution in [3.05, 3.63) is 29.3 Å². The minimum absolute atomic E-state index is 0.157. The second kappa shape index (κ2) is 9.37. The van der Waals surface area contributed by atoms with Gasteiger partial charge in [0.2, 0.25) is 0 Å². The fraction of sp³-hybridized carbons (Fsp3) is 0.562. The molecule has 0 saturated carbocycles. The SMILES string of the molecule is CCCCOCCCNC(=O)Nc1c(C)cccc1C. The first-order valence-electron chi connectivity index (χ1n) is 7.34. The van der Waals surface area contributed by atoms with E-state index in [0.717, 1.165) is 42.7 Å². The van der Waals surface area contributed by atoms with Gasteiger partial charge in [0.15, 0.2) is 0 Å². The van der Waals surface area contributed by atoms with Crippen LogP contribution >= 0.6 is 0 Å². The summed E-state index contributed by atoms with van der Waals surface area (Å²) in [6.07, 6.45) is 3.08. The molecule has 0 aromatic heterocycles. The number of unbranched alkanes of at least 4 members (excludes halogenated alkanes) is 1. The predicted molar refractivity (Wildman–Crippen MR) is 83.3 cm³/mol. The van der Waals surface area contributed by atoms with Crippen LogP contribution in [-0.4, -0.2) is 25.8 Å². The Labute approximate surface area is 121 Å². The summed E-state index contributed by atoms with van der Waals surface area (Å²) in [4.78, 5) is 11.8. The van der Waals surface area contributed by atoms with Crippen molar-refractivity contribution in [2.75, 3.05) is 25.1 Å². The quantitative estimate of drug-likeness (QED) is 0.713. The monoisotopic (exact) mass is 278 g/mol. The molecule has 0 aliphatic rings. The van der Waals surface area contributed by atoms with E-state index >= 15 is 0 Å².